The average Bonchev–Trinajstić information content (AvgIpc) is 2.84. The Hall–Kier alpha value is -2.28. The monoisotopic (exact) mass is 506 g/mol. The summed E-state index contributed by atoms with van der Waals surface area (Å²) in [6.45, 7) is 3.25. The van der Waals surface area contributed by atoms with E-state index in [9.17, 15) is 20.0 Å². The first kappa shape index (κ1) is 31.7. The largest absolute Gasteiger partial charge is 0.394 e. The zero-order valence-corrected chi connectivity index (χ0v) is 22.2. The molecule has 0 aromatic carbocycles. The number of amides is 1. The molecular formula is C27H46N4O5. The molecule has 1 rings (SSSR count). The Kier molecular flexibility index (Phi) is 17.5. The van der Waals surface area contributed by atoms with Crippen molar-refractivity contribution in [1.29, 1.82) is 5.26 Å². The molecule has 1 aromatic rings. The van der Waals surface area contributed by atoms with Crippen molar-refractivity contribution < 1.29 is 19.7 Å². The summed E-state index contributed by atoms with van der Waals surface area (Å²) >= 11 is 0. The second-order valence-corrected chi connectivity index (χ2v) is 9.42. The quantitative estimate of drug-likeness (QED) is 0.206. The molecule has 0 bridgehead atoms. The second-order valence-electron chi connectivity index (χ2n) is 9.42. The van der Waals surface area contributed by atoms with Gasteiger partial charge in [0, 0.05) is 12.6 Å². The van der Waals surface area contributed by atoms with Gasteiger partial charge in [0.15, 0.2) is 6.23 Å². The van der Waals surface area contributed by atoms with E-state index in [4.69, 9.17) is 9.84 Å². The fourth-order valence-corrected chi connectivity index (χ4v) is 4.13. The van der Waals surface area contributed by atoms with Crippen molar-refractivity contribution in [1.82, 2.24) is 9.55 Å². The van der Waals surface area contributed by atoms with Crippen LogP contribution in [0.4, 0.5) is 5.82 Å². The number of aliphatic hydroxyl groups is 2. The van der Waals surface area contributed by atoms with Gasteiger partial charge < -0.3 is 20.3 Å². The lowest BCUT2D eigenvalue weighted by Crippen LogP contribution is -2.37. The van der Waals surface area contributed by atoms with Crippen LogP contribution in [-0.2, 0) is 9.53 Å². The number of nitrogens with one attached hydrogen (secondary N) is 1. The Labute approximate surface area is 215 Å². The maximum Gasteiger partial charge on any atom is 0.351 e. The van der Waals surface area contributed by atoms with E-state index in [1.165, 1.54) is 83.4 Å². The SMILES string of the molecule is CCCCCCCCCCCCCCCC(=O)Nc1ccn([C@H](OCCO)[C@@H](C#N)[C@@H](C)O)c(=O)n1. The maximum absolute atomic E-state index is 12.5. The number of ether oxygens (including phenoxy) is 1. The van der Waals surface area contributed by atoms with Crippen LogP contribution in [0.25, 0.3) is 0 Å². The summed E-state index contributed by atoms with van der Waals surface area (Å²) in [7, 11) is 0. The molecule has 1 amide bonds. The van der Waals surface area contributed by atoms with Crippen molar-refractivity contribution >= 4 is 11.7 Å². The first-order chi connectivity index (χ1) is 17.4. The third kappa shape index (κ3) is 13.1. The number of aromatic nitrogens is 2. The molecule has 3 N–H and O–H groups in total. The molecule has 9 heteroatoms. The molecule has 0 aliphatic carbocycles. The van der Waals surface area contributed by atoms with Gasteiger partial charge in [-0.3, -0.25) is 9.36 Å². The lowest BCUT2D eigenvalue weighted by atomic mass is 10.0. The van der Waals surface area contributed by atoms with Gasteiger partial charge in [0.2, 0.25) is 5.91 Å². The van der Waals surface area contributed by atoms with Gasteiger partial charge in [0.25, 0.3) is 0 Å². The maximum atomic E-state index is 12.5. The number of unbranched alkanes of at least 4 members (excludes halogenated alkanes) is 12. The number of carbonyl (C=O) groups excluding carboxylic acids is 1. The van der Waals surface area contributed by atoms with Crippen LogP contribution in [0, 0.1) is 17.2 Å². The molecule has 9 nitrogen and oxygen atoms in total. The molecular weight excluding hydrogens is 460 g/mol. The third-order valence-corrected chi connectivity index (χ3v) is 6.23. The Morgan fingerprint density at radius 1 is 1.08 bits per heavy atom. The van der Waals surface area contributed by atoms with Crippen molar-refractivity contribution in [3.05, 3.63) is 22.7 Å². The zero-order chi connectivity index (χ0) is 26.6. The van der Waals surface area contributed by atoms with Gasteiger partial charge in [0.05, 0.1) is 25.4 Å². The van der Waals surface area contributed by atoms with E-state index in [-0.39, 0.29) is 24.9 Å². The molecule has 0 spiro atoms. The normalized spacial score (nSPS) is 13.6. The lowest BCUT2D eigenvalue weighted by molar-refractivity contribution is -0.116. The minimum absolute atomic E-state index is 0.111. The summed E-state index contributed by atoms with van der Waals surface area (Å²) in [5.74, 6) is -1.11. The summed E-state index contributed by atoms with van der Waals surface area (Å²) in [6, 6.07) is 3.38. The van der Waals surface area contributed by atoms with Crippen LogP contribution in [0.2, 0.25) is 0 Å². The van der Waals surface area contributed by atoms with E-state index in [1.54, 1.807) is 0 Å². The number of anilines is 1. The summed E-state index contributed by atoms with van der Waals surface area (Å²) in [4.78, 5) is 28.6. The predicted octanol–water partition coefficient (Wildman–Crippen LogP) is 4.69. The van der Waals surface area contributed by atoms with Gasteiger partial charge in [0.1, 0.15) is 11.7 Å². The van der Waals surface area contributed by atoms with Crippen LogP contribution in [-0.4, -0.2) is 45.0 Å². The van der Waals surface area contributed by atoms with Crippen LogP contribution in [0.15, 0.2) is 17.1 Å². The first-order valence-corrected chi connectivity index (χ1v) is 13.6. The zero-order valence-electron chi connectivity index (χ0n) is 22.2. The Balaban J connectivity index is 2.34. The van der Waals surface area contributed by atoms with Crippen molar-refractivity contribution in [2.45, 2.75) is 116 Å². The van der Waals surface area contributed by atoms with Gasteiger partial charge in [-0.15, -0.1) is 0 Å². The summed E-state index contributed by atoms with van der Waals surface area (Å²) in [5.41, 5.74) is -0.724. The summed E-state index contributed by atoms with van der Waals surface area (Å²) in [6.07, 6.45) is 15.6. The lowest BCUT2D eigenvalue weighted by Gasteiger charge is -2.25. The molecule has 0 saturated heterocycles. The highest BCUT2D eigenvalue weighted by Crippen LogP contribution is 2.21. The van der Waals surface area contributed by atoms with Gasteiger partial charge in [-0.1, -0.05) is 84.0 Å². The van der Waals surface area contributed by atoms with Crippen LogP contribution in [0.1, 0.15) is 110 Å². The molecule has 0 aliphatic heterocycles. The van der Waals surface area contributed by atoms with Crippen molar-refractivity contribution in [2.24, 2.45) is 5.92 Å². The number of hydrogen-bond acceptors (Lipinski definition) is 7. The van der Waals surface area contributed by atoms with Gasteiger partial charge in [-0.25, -0.2) is 4.79 Å². The van der Waals surface area contributed by atoms with Crippen molar-refractivity contribution in [3.8, 4) is 6.07 Å². The fourth-order valence-electron chi connectivity index (χ4n) is 4.13. The molecule has 0 fully saturated rings. The Morgan fingerprint density at radius 3 is 2.11 bits per heavy atom. The Morgan fingerprint density at radius 2 is 1.64 bits per heavy atom. The third-order valence-electron chi connectivity index (χ3n) is 6.23. The van der Waals surface area contributed by atoms with Crippen LogP contribution in [0.3, 0.4) is 0 Å². The highest BCUT2D eigenvalue weighted by Gasteiger charge is 2.29. The van der Waals surface area contributed by atoms with Gasteiger partial charge >= 0.3 is 5.69 Å². The number of nitrogens with zero attached hydrogens (tertiary/aromatic N) is 3. The van der Waals surface area contributed by atoms with Crippen LogP contribution in [0.5, 0.6) is 0 Å². The number of nitriles is 1. The number of carbonyl (C=O) groups is 1. The molecule has 36 heavy (non-hydrogen) atoms. The standard InChI is InChI=1S/C27H46N4O5/c1-3-4-5-6-7-8-9-10-11-12-13-14-15-16-25(34)29-24-17-18-31(27(35)30-24)26(36-20-19-32)23(21-28)22(2)33/h17-18,22-23,26,32-33H,3-16,19-20H2,1-2H3,(H,29,30,34,35)/t22-,23+,26-/m1/s1. The highest BCUT2D eigenvalue weighted by atomic mass is 16.5. The average molecular weight is 507 g/mol. The minimum Gasteiger partial charge on any atom is -0.394 e. The highest BCUT2D eigenvalue weighted by molar-refractivity contribution is 5.89. The van der Waals surface area contributed by atoms with Crippen LogP contribution < -0.4 is 11.0 Å². The smallest absolute Gasteiger partial charge is 0.351 e. The van der Waals surface area contributed by atoms with E-state index in [2.05, 4.69) is 17.2 Å². The molecule has 0 aliphatic rings. The molecule has 0 saturated carbocycles. The van der Waals surface area contributed by atoms with Crippen molar-refractivity contribution in [2.75, 3.05) is 18.5 Å². The van der Waals surface area contributed by atoms with Crippen molar-refractivity contribution in [3.63, 3.8) is 0 Å². The van der Waals surface area contributed by atoms with E-state index in [0.29, 0.717) is 6.42 Å². The second kappa shape index (κ2) is 19.9. The Bertz CT molecular complexity index is 821. The van der Waals surface area contributed by atoms with E-state index < -0.39 is 23.9 Å². The van der Waals surface area contributed by atoms with Gasteiger partial charge in [-0.05, 0) is 19.4 Å². The number of aliphatic hydroxyl groups excluding tert-OH is 2. The summed E-state index contributed by atoms with van der Waals surface area (Å²) in [5, 5.41) is 30.9. The molecule has 204 valence electrons. The topological polar surface area (TPSA) is 137 Å². The van der Waals surface area contributed by atoms with E-state index >= 15 is 0 Å². The summed E-state index contributed by atoms with van der Waals surface area (Å²) < 4.78 is 6.51. The van der Waals surface area contributed by atoms with Gasteiger partial charge in [-0.2, -0.15) is 10.2 Å². The molecule has 1 heterocycles. The predicted molar refractivity (Wildman–Crippen MR) is 140 cm³/mol. The van der Waals surface area contributed by atoms with E-state index in [0.717, 1.165) is 23.8 Å². The van der Waals surface area contributed by atoms with E-state index in [1.807, 2.05) is 6.07 Å². The number of hydrogen-bond donors (Lipinski definition) is 3. The first-order valence-electron chi connectivity index (χ1n) is 13.6. The molecule has 3 atom stereocenters. The number of rotatable bonds is 21. The molecule has 0 radical (unpaired) electrons. The molecule has 1 aromatic heterocycles. The van der Waals surface area contributed by atoms with Crippen LogP contribution >= 0.6 is 0 Å². The minimum atomic E-state index is -1.11. The molecule has 0 unspecified atom stereocenters. The fraction of sp³-hybridized carbons (Fsp3) is 0.778.